The summed E-state index contributed by atoms with van der Waals surface area (Å²) in [5.41, 5.74) is 6.68. The fraction of sp³-hybridized carbons (Fsp3) is 0.250. The largest absolute Gasteiger partial charge is 0.322 e. The minimum absolute atomic E-state index is 0.0632. The smallest absolute Gasteiger partial charge is 0.255 e. The highest BCUT2D eigenvalue weighted by atomic mass is 16.1. The molecular formula is C20H21N3O. The van der Waals surface area contributed by atoms with E-state index in [0.717, 1.165) is 38.3 Å². The van der Waals surface area contributed by atoms with Gasteiger partial charge in [0.2, 0.25) is 0 Å². The fourth-order valence-corrected chi connectivity index (χ4v) is 3.30. The van der Waals surface area contributed by atoms with Crippen molar-refractivity contribution in [2.75, 3.05) is 18.4 Å². The summed E-state index contributed by atoms with van der Waals surface area (Å²) in [5, 5.41) is 9.62. The molecule has 122 valence electrons. The summed E-state index contributed by atoms with van der Waals surface area (Å²) in [6, 6.07) is 14.0. The van der Waals surface area contributed by atoms with Crippen LogP contribution >= 0.6 is 0 Å². The van der Waals surface area contributed by atoms with Crippen molar-refractivity contribution in [2.24, 2.45) is 0 Å². The van der Waals surface area contributed by atoms with E-state index in [0.29, 0.717) is 5.56 Å². The van der Waals surface area contributed by atoms with Gasteiger partial charge < -0.3 is 16.0 Å². The van der Waals surface area contributed by atoms with E-state index in [1.807, 2.05) is 30.3 Å². The number of anilines is 1. The van der Waals surface area contributed by atoms with E-state index in [-0.39, 0.29) is 5.91 Å². The normalized spacial score (nSPS) is 16.4. The van der Waals surface area contributed by atoms with Crippen molar-refractivity contribution in [1.29, 1.82) is 0 Å². The van der Waals surface area contributed by atoms with Crippen LogP contribution in [0.15, 0.2) is 48.5 Å². The standard InChI is InChI=1S/C20H21N3O/c24-20(23-19-6-5-17-12-22-13-18(17)11-19)16-3-1-14(2-4-16)15-7-9-21-10-8-15/h1-7,11,21-22H,8-10,12-13H2,(H,23,24). The van der Waals surface area contributed by atoms with E-state index >= 15 is 0 Å². The molecule has 2 aliphatic rings. The first-order valence-corrected chi connectivity index (χ1v) is 8.44. The van der Waals surface area contributed by atoms with Crippen molar-refractivity contribution >= 4 is 17.2 Å². The molecule has 0 aromatic heterocycles. The van der Waals surface area contributed by atoms with Crippen LogP contribution in [0.5, 0.6) is 0 Å². The topological polar surface area (TPSA) is 53.2 Å². The second-order valence-corrected chi connectivity index (χ2v) is 6.30. The summed E-state index contributed by atoms with van der Waals surface area (Å²) in [4.78, 5) is 12.5. The molecule has 0 radical (unpaired) electrons. The Balaban J connectivity index is 1.47. The second-order valence-electron chi connectivity index (χ2n) is 6.30. The second kappa shape index (κ2) is 6.59. The lowest BCUT2D eigenvalue weighted by molar-refractivity contribution is 0.102. The van der Waals surface area contributed by atoms with Crippen molar-refractivity contribution in [2.45, 2.75) is 19.5 Å². The van der Waals surface area contributed by atoms with Crippen molar-refractivity contribution in [1.82, 2.24) is 10.6 Å². The summed E-state index contributed by atoms with van der Waals surface area (Å²) in [5.74, 6) is -0.0632. The average Bonchev–Trinajstić information content (AvgIpc) is 3.10. The first-order chi connectivity index (χ1) is 11.8. The van der Waals surface area contributed by atoms with Crippen LogP contribution in [-0.4, -0.2) is 19.0 Å². The van der Waals surface area contributed by atoms with Crippen LogP contribution in [-0.2, 0) is 13.1 Å². The monoisotopic (exact) mass is 319 g/mol. The van der Waals surface area contributed by atoms with Crippen LogP contribution in [0.1, 0.15) is 33.5 Å². The molecule has 0 saturated carbocycles. The molecule has 4 nitrogen and oxygen atoms in total. The first-order valence-electron chi connectivity index (χ1n) is 8.44. The van der Waals surface area contributed by atoms with Gasteiger partial charge in [-0.2, -0.15) is 0 Å². The predicted molar refractivity (Wildman–Crippen MR) is 96.8 cm³/mol. The van der Waals surface area contributed by atoms with E-state index in [1.54, 1.807) is 0 Å². The zero-order valence-corrected chi connectivity index (χ0v) is 13.6. The number of amides is 1. The Kier molecular flexibility index (Phi) is 4.15. The van der Waals surface area contributed by atoms with Crippen molar-refractivity contribution < 1.29 is 4.79 Å². The van der Waals surface area contributed by atoms with Gasteiger partial charge in [0, 0.05) is 30.9 Å². The van der Waals surface area contributed by atoms with Gasteiger partial charge in [-0.15, -0.1) is 0 Å². The molecule has 0 saturated heterocycles. The summed E-state index contributed by atoms with van der Waals surface area (Å²) < 4.78 is 0. The SMILES string of the molecule is O=C(Nc1ccc2c(c1)CNC2)c1ccc(C2=CCNCC2)cc1. The lowest BCUT2D eigenvalue weighted by Crippen LogP contribution is -2.20. The molecule has 1 amide bonds. The molecule has 0 aliphatic carbocycles. The van der Waals surface area contributed by atoms with Crippen molar-refractivity contribution in [3.63, 3.8) is 0 Å². The third-order valence-corrected chi connectivity index (χ3v) is 4.68. The quantitative estimate of drug-likeness (QED) is 0.815. The molecule has 0 bridgehead atoms. The van der Waals surface area contributed by atoms with Gasteiger partial charge in [-0.3, -0.25) is 4.79 Å². The zero-order chi connectivity index (χ0) is 16.4. The van der Waals surface area contributed by atoms with E-state index in [2.05, 4.69) is 34.2 Å². The minimum Gasteiger partial charge on any atom is -0.322 e. The first kappa shape index (κ1) is 15.1. The predicted octanol–water partition coefficient (Wildman–Crippen LogP) is 2.92. The number of hydrogen-bond acceptors (Lipinski definition) is 3. The minimum atomic E-state index is -0.0632. The number of carbonyl (C=O) groups is 1. The molecule has 2 heterocycles. The maximum absolute atomic E-state index is 12.5. The van der Waals surface area contributed by atoms with Gasteiger partial charge in [-0.05, 0) is 59.5 Å². The number of fused-ring (bicyclic) bond motifs is 1. The molecule has 4 rings (SSSR count). The van der Waals surface area contributed by atoms with Gasteiger partial charge >= 0.3 is 0 Å². The van der Waals surface area contributed by atoms with Crippen molar-refractivity contribution in [3.05, 3.63) is 70.8 Å². The molecule has 2 aromatic rings. The Bertz CT molecular complexity index is 793. The molecule has 0 atom stereocenters. The Morgan fingerprint density at radius 3 is 2.58 bits per heavy atom. The van der Waals surface area contributed by atoms with Crippen LogP contribution in [0.2, 0.25) is 0 Å². The molecule has 24 heavy (non-hydrogen) atoms. The van der Waals surface area contributed by atoms with E-state index < -0.39 is 0 Å². The van der Waals surface area contributed by atoms with Crippen LogP contribution in [0, 0.1) is 0 Å². The van der Waals surface area contributed by atoms with Crippen LogP contribution in [0.3, 0.4) is 0 Å². The maximum Gasteiger partial charge on any atom is 0.255 e. The van der Waals surface area contributed by atoms with Gasteiger partial charge in [-0.1, -0.05) is 24.3 Å². The highest BCUT2D eigenvalue weighted by Gasteiger charge is 2.12. The maximum atomic E-state index is 12.5. The third kappa shape index (κ3) is 3.11. The molecule has 0 unspecified atom stereocenters. The number of rotatable bonds is 3. The van der Waals surface area contributed by atoms with Gasteiger partial charge in [0.05, 0.1) is 0 Å². The summed E-state index contributed by atoms with van der Waals surface area (Å²) in [7, 11) is 0. The number of hydrogen-bond donors (Lipinski definition) is 3. The molecule has 4 heteroatoms. The number of nitrogens with one attached hydrogen (secondary N) is 3. The summed E-state index contributed by atoms with van der Waals surface area (Å²) in [6.07, 6.45) is 3.26. The van der Waals surface area contributed by atoms with Crippen LogP contribution in [0.4, 0.5) is 5.69 Å². The van der Waals surface area contributed by atoms with E-state index in [4.69, 9.17) is 0 Å². The number of carbonyl (C=O) groups excluding carboxylic acids is 1. The molecule has 3 N–H and O–H groups in total. The molecule has 0 fully saturated rings. The van der Waals surface area contributed by atoms with Gasteiger partial charge in [0.25, 0.3) is 5.91 Å². The van der Waals surface area contributed by atoms with Gasteiger partial charge in [0.15, 0.2) is 0 Å². The summed E-state index contributed by atoms with van der Waals surface area (Å²) >= 11 is 0. The Morgan fingerprint density at radius 1 is 0.958 bits per heavy atom. The highest BCUT2D eigenvalue weighted by Crippen LogP contribution is 2.22. The van der Waals surface area contributed by atoms with Crippen LogP contribution in [0.25, 0.3) is 5.57 Å². The average molecular weight is 319 g/mol. The van der Waals surface area contributed by atoms with E-state index in [1.165, 1.54) is 22.3 Å². The molecular weight excluding hydrogens is 298 g/mol. The van der Waals surface area contributed by atoms with Crippen molar-refractivity contribution in [3.8, 4) is 0 Å². The lowest BCUT2D eigenvalue weighted by Gasteiger charge is -2.14. The fourth-order valence-electron chi connectivity index (χ4n) is 3.30. The third-order valence-electron chi connectivity index (χ3n) is 4.68. The number of benzene rings is 2. The molecule has 0 spiro atoms. The van der Waals surface area contributed by atoms with Gasteiger partial charge in [-0.25, -0.2) is 0 Å². The zero-order valence-electron chi connectivity index (χ0n) is 13.6. The Labute approximate surface area is 142 Å². The molecule has 2 aliphatic heterocycles. The van der Waals surface area contributed by atoms with Gasteiger partial charge in [0.1, 0.15) is 0 Å². The Morgan fingerprint density at radius 2 is 1.79 bits per heavy atom. The summed E-state index contributed by atoms with van der Waals surface area (Å²) in [6.45, 7) is 3.72. The Hall–Kier alpha value is -2.43. The van der Waals surface area contributed by atoms with E-state index in [9.17, 15) is 4.79 Å². The van der Waals surface area contributed by atoms with Crippen LogP contribution < -0.4 is 16.0 Å². The highest BCUT2D eigenvalue weighted by molar-refractivity contribution is 6.04. The lowest BCUT2D eigenvalue weighted by atomic mass is 9.99. The molecule has 2 aromatic carbocycles.